The maximum Gasteiger partial charge on any atom is 0.195 e. The highest BCUT2D eigenvalue weighted by atomic mass is 14.0. The first-order valence-corrected chi connectivity index (χ1v) is 1.93. The van der Waals surface area contributed by atoms with Crippen molar-refractivity contribution in [3.8, 4) is 0 Å². The minimum Gasteiger partial charge on any atom is -0.0610 e. The van der Waals surface area contributed by atoms with E-state index in [-0.39, 0.29) is 0 Å². The van der Waals surface area contributed by atoms with E-state index in [0.717, 1.165) is 5.92 Å². The quantitative estimate of drug-likeness (QED) is 0.385. The average Bonchev–Trinajstić information content (AvgIpc) is 1.86. The van der Waals surface area contributed by atoms with E-state index in [1.165, 1.54) is 0 Å². The lowest BCUT2D eigenvalue weighted by molar-refractivity contribution is 1.54. The van der Waals surface area contributed by atoms with Crippen LogP contribution in [-0.4, -0.2) is 0 Å². The van der Waals surface area contributed by atoms with E-state index in [1.807, 2.05) is 24.3 Å². The van der Waals surface area contributed by atoms with Gasteiger partial charge in [0.2, 0.25) is 0 Å². The van der Waals surface area contributed by atoms with Gasteiger partial charge in [0, 0.05) is 0 Å². The van der Waals surface area contributed by atoms with Crippen LogP contribution in [0, 0.1) is 12.8 Å². The Morgan fingerprint density at radius 3 is 1.83 bits per heavy atom. The molecule has 0 saturated carbocycles. The second-order valence-corrected chi connectivity index (χ2v) is 1.29. The van der Waals surface area contributed by atoms with E-state index in [0.29, 0.717) is 0 Å². The van der Waals surface area contributed by atoms with Gasteiger partial charge < -0.3 is 0 Å². The number of hydrogen-bond donors (Lipinski definition) is 0. The van der Waals surface area contributed by atoms with E-state index in [2.05, 4.69) is 6.92 Å². The molecule has 0 heterocycles. The lowest BCUT2D eigenvalue weighted by atomic mass is 10.2. The molecule has 0 bridgehead atoms. The van der Waals surface area contributed by atoms with Gasteiger partial charge in [0.1, 0.15) is 0 Å². The zero-order chi connectivity index (χ0) is 4.41. The summed E-state index contributed by atoms with van der Waals surface area (Å²) in [7, 11) is 0. The van der Waals surface area contributed by atoms with Gasteiger partial charge in [-0.3, -0.25) is 0 Å². The topological polar surface area (TPSA) is 0 Å². The monoisotopic (exact) mass is 78.0 g/mol. The first-order chi connectivity index (χ1) is 2.89. The molecule has 0 aromatic carbocycles. The fraction of sp³-hybridized carbons (Fsp3) is 0. The van der Waals surface area contributed by atoms with Crippen LogP contribution in [0.5, 0.6) is 0 Å². The van der Waals surface area contributed by atoms with Crippen LogP contribution >= 0.6 is 0 Å². The van der Waals surface area contributed by atoms with Crippen LogP contribution in [0.2, 0.25) is 0 Å². The smallest absolute Gasteiger partial charge is 0.0610 e. The molecule has 1 radical (unpaired) electrons. The molecule has 0 nitrogen and oxygen atoms in total. The number of hydrogen-bond acceptors (Lipinski definition) is 0. The van der Waals surface area contributed by atoms with Crippen molar-refractivity contribution in [2.45, 2.75) is 0 Å². The first kappa shape index (κ1) is 3.54. The minimum atomic E-state index is 1.09. The summed E-state index contributed by atoms with van der Waals surface area (Å²) in [6, 6.07) is 0. The highest BCUT2D eigenvalue weighted by molar-refractivity contribution is 5.35. The molecule has 1 rings (SSSR count). The van der Waals surface area contributed by atoms with Crippen LogP contribution in [0.3, 0.4) is 0 Å². The summed E-state index contributed by atoms with van der Waals surface area (Å²) < 4.78 is 0. The Labute approximate surface area is 38.2 Å². The van der Waals surface area contributed by atoms with Crippen molar-refractivity contribution in [3.05, 3.63) is 37.1 Å². The fourth-order valence-corrected chi connectivity index (χ4v) is 0.414. The van der Waals surface area contributed by atoms with Crippen LogP contribution in [0.1, 0.15) is 0 Å². The maximum atomic E-state index is 3.68. The zero-order valence-electron chi connectivity index (χ0n) is 3.52. The molecule has 29 valence electrons. The number of allylic oxidation sites excluding steroid dienone is 4. The third-order valence-electron chi connectivity index (χ3n) is 0.732. The molecule has 0 atom stereocenters. The molecular formula is C6H6+. The maximum absolute atomic E-state index is 3.68. The van der Waals surface area contributed by atoms with Crippen LogP contribution in [-0.2, 0) is 0 Å². The normalized spacial score (nSPS) is 20.0. The summed E-state index contributed by atoms with van der Waals surface area (Å²) in [5.74, 6) is 1.09. The first-order valence-electron chi connectivity index (χ1n) is 1.93. The minimum absolute atomic E-state index is 1.09. The molecule has 1 aliphatic carbocycles. The molecule has 0 fully saturated rings. The van der Waals surface area contributed by atoms with Crippen molar-refractivity contribution in [1.29, 1.82) is 0 Å². The molecule has 0 unspecified atom stereocenters. The van der Waals surface area contributed by atoms with Gasteiger partial charge in [0.15, 0.2) is 5.92 Å². The van der Waals surface area contributed by atoms with E-state index in [4.69, 9.17) is 0 Å². The van der Waals surface area contributed by atoms with Crippen molar-refractivity contribution in [1.82, 2.24) is 0 Å². The van der Waals surface area contributed by atoms with Crippen LogP contribution in [0.25, 0.3) is 0 Å². The van der Waals surface area contributed by atoms with Gasteiger partial charge in [-0.15, -0.1) is 0 Å². The Hall–Kier alpha value is -0.650. The third kappa shape index (κ3) is 0.459. The molecule has 0 aromatic rings. The molecule has 0 N–H and O–H groups in total. The van der Waals surface area contributed by atoms with E-state index in [1.54, 1.807) is 0 Å². The molecule has 0 aliphatic heterocycles. The summed E-state index contributed by atoms with van der Waals surface area (Å²) in [6.07, 6.45) is 7.89. The Kier molecular flexibility index (Phi) is 0.714. The van der Waals surface area contributed by atoms with Crippen molar-refractivity contribution in [2.75, 3.05) is 0 Å². The van der Waals surface area contributed by atoms with Crippen molar-refractivity contribution < 1.29 is 0 Å². The molecule has 1 aliphatic rings. The van der Waals surface area contributed by atoms with Crippen LogP contribution < -0.4 is 0 Å². The van der Waals surface area contributed by atoms with Gasteiger partial charge in [0.05, 0.1) is 6.92 Å². The van der Waals surface area contributed by atoms with E-state index in [9.17, 15) is 0 Å². The van der Waals surface area contributed by atoms with Gasteiger partial charge in [-0.05, 0) is 12.2 Å². The molecule has 0 heteroatoms. The summed E-state index contributed by atoms with van der Waals surface area (Å²) in [4.78, 5) is 0. The third-order valence-corrected chi connectivity index (χ3v) is 0.732. The summed E-state index contributed by atoms with van der Waals surface area (Å²) in [5, 5.41) is 0. The predicted octanol–water partition coefficient (Wildman–Crippen LogP) is 1.52. The Bertz CT molecular complexity index is 76.2. The second-order valence-electron chi connectivity index (χ2n) is 1.29. The Balaban J connectivity index is 2.60. The lowest BCUT2D eigenvalue weighted by Crippen LogP contribution is -1.68. The van der Waals surface area contributed by atoms with Gasteiger partial charge in [-0.1, -0.05) is 12.2 Å². The van der Waals surface area contributed by atoms with Gasteiger partial charge in [0.25, 0.3) is 0 Å². The molecule has 6 heavy (non-hydrogen) atoms. The van der Waals surface area contributed by atoms with Crippen LogP contribution in [0.15, 0.2) is 24.3 Å². The van der Waals surface area contributed by atoms with Crippen LogP contribution in [0.4, 0.5) is 0 Å². The van der Waals surface area contributed by atoms with Crippen molar-refractivity contribution in [2.24, 2.45) is 0 Å². The van der Waals surface area contributed by atoms with E-state index < -0.39 is 0 Å². The summed E-state index contributed by atoms with van der Waals surface area (Å²) in [6.45, 7) is 3.68. The molecule has 0 spiro atoms. The zero-order valence-corrected chi connectivity index (χ0v) is 3.52. The Morgan fingerprint density at radius 1 is 1.17 bits per heavy atom. The molecular weight excluding hydrogens is 72.1 g/mol. The lowest BCUT2D eigenvalue weighted by Gasteiger charge is -1.70. The van der Waals surface area contributed by atoms with Gasteiger partial charge >= 0.3 is 0 Å². The fourth-order valence-electron chi connectivity index (χ4n) is 0.414. The molecule has 0 amide bonds. The number of rotatable bonds is 0. The predicted molar refractivity (Wildman–Crippen MR) is 26.9 cm³/mol. The standard InChI is InChI=1S/C6H6/c1-6-4-2-3-5-6/h2-5H,1H2/q+1. The van der Waals surface area contributed by atoms with Crippen molar-refractivity contribution >= 4 is 0 Å². The summed E-state index contributed by atoms with van der Waals surface area (Å²) in [5.41, 5.74) is 0. The second kappa shape index (κ2) is 1.21. The highest BCUT2D eigenvalue weighted by Gasteiger charge is 2.00. The Morgan fingerprint density at radius 2 is 1.67 bits per heavy atom. The largest absolute Gasteiger partial charge is 0.195 e. The molecule has 0 saturated heterocycles. The van der Waals surface area contributed by atoms with Crippen molar-refractivity contribution in [3.63, 3.8) is 0 Å². The van der Waals surface area contributed by atoms with E-state index >= 15 is 0 Å². The average molecular weight is 78.1 g/mol. The summed E-state index contributed by atoms with van der Waals surface area (Å²) >= 11 is 0. The molecule has 0 aromatic heterocycles. The van der Waals surface area contributed by atoms with Gasteiger partial charge in [-0.2, -0.15) is 0 Å². The highest BCUT2D eigenvalue weighted by Crippen LogP contribution is 2.06. The van der Waals surface area contributed by atoms with Gasteiger partial charge in [-0.25, -0.2) is 0 Å². The SMILES string of the molecule is [CH2+][C]1C=CC=C1.